The molecule has 1 aliphatic heterocycles. The van der Waals surface area contributed by atoms with Crippen molar-refractivity contribution in [2.24, 2.45) is 0 Å². The van der Waals surface area contributed by atoms with Gasteiger partial charge in [0.1, 0.15) is 0 Å². The van der Waals surface area contributed by atoms with Gasteiger partial charge in [0.25, 0.3) is 11.8 Å². The van der Waals surface area contributed by atoms with Gasteiger partial charge in [-0.2, -0.15) is 0 Å². The molecule has 1 N–H and O–H groups in total. The molecule has 154 valence electrons. The van der Waals surface area contributed by atoms with Crippen LogP contribution in [0.2, 0.25) is 15.1 Å². The zero-order valence-corrected chi connectivity index (χ0v) is 18.8. The van der Waals surface area contributed by atoms with E-state index in [0.717, 1.165) is 24.9 Å². The molecule has 0 spiro atoms. The second-order valence-corrected chi connectivity index (χ2v) is 9.23. The van der Waals surface area contributed by atoms with E-state index in [1.807, 2.05) is 11.4 Å². The molecule has 1 aromatic heterocycles. The molecule has 0 saturated carbocycles. The predicted octanol–water partition coefficient (Wildman–Crippen LogP) is 6.94. The van der Waals surface area contributed by atoms with E-state index in [0.29, 0.717) is 33.4 Å². The quantitative estimate of drug-likeness (QED) is 0.442. The highest BCUT2D eigenvalue weighted by atomic mass is 35.5. The lowest BCUT2D eigenvalue weighted by Crippen LogP contribution is -2.31. The van der Waals surface area contributed by atoms with Gasteiger partial charge in [0.05, 0.1) is 16.3 Å². The third-order valence-electron chi connectivity index (χ3n) is 4.88. The second-order valence-electron chi connectivity index (χ2n) is 6.95. The zero-order valence-electron chi connectivity index (χ0n) is 15.8. The van der Waals surface area contributed by atoms with Crippen LogP contribution in [0.15, 0.2) is 47.8 Å². The SMILES string of the molecule is O=C(Nc1ccc(C(=O)N2CCCCc3sccc32)c(Cl)c1)c1cc(Cl)cc(Cl)c1. The molecule has 2 heterocycles. The number of aryl methyl sites for hydroxylation is 1. The van der Waals surface area contributed by atoms with Gasteiger partial charge in [-0.3, -0.25) is 9.59 Å². The van der Waals surface area contributed by atoms with Gasteiger partial charge in [-0.1, -0.05) is 34.8 Å². The van der Waals surface area contributed by atoms with Crippen molar-refractivity contribution in [1.82, 2.24) is 0 Å². The largest absolute Gasteiger partial charge is 0.322 e. The highest BCUT2D eigenvalue weighted by Gasteiger charge is 2.25. The molecule has 0 bridgehead atoms. The van der Waals surface area contributed by atoms with Crippen LogP contribution in [-0.2, 0) is 6.42 Å². The van der Waals surface area contributed by atoms with Gasteiger partial charge in [0.2, 0.25) is 0 Å². The Balaban J connectivity index is 1.55. The van der Waals surface area contributed by atoms with Gasteiger partial charge in [-0.05, 0) is 67.1 Å². The maximum atomic E-state index is 13.2. The van der Waals surface area contributed by atoms with Crippen molar-refractivity contribution in [2.75, 3.05) is 16.8 Å². The Kier molecular flexibility index (Phi) is 6.34. The summed E-state index contributed by atoms with van der Waals surface area (Å²) in [6, 6.07) is 11.5. The van der Waals surface area contributed by atoms with Crippen molar-refractivity contribution in [2.45, 2.75) is 19.3 Å². The number of rotatable bonds is 3. The van der Waals surface area contributed by atoms with Crippen LogP contribution in [0.3, 0.4) is 0 Å². The molecule has 30 heavy (non-hydrogen) atoms. The first-order valence-electron chi connectivity index (χ1n) is 9.37. The summed E-state index contributed by atoms with van der Waals surface area (Å²) in [5.41, 5.74) is 2.18. The molecule has 4 nitrogen and oxygen atoms in total. The molecule has 0 unspecified atom stereocenters. The molecule has 3 aromatic rings. The van der Waals surface area contributed by atoms with Gasteiger partial charge in [0.15, 0.2) is 0 Å². The standard InChI is InChI=1S/C22H17Cl3N2O2S/c23-14-9-13(10-15(24)11-14)21(28)26-16-4-5-17(18(25)12-16)22(29)27-7-2-1-3-20-19(27)6-8-30-20/h4-6,8-12H,1-3,7H2,(H,26,28). The average Bonchev–Trinajstić information content (AvgIpc) is 3.06. The van der Waals surface area contributed by atoms with Crippen LogP contribution in [0, 0.1) is 0 Å². The van der Waals surface area contributed by atoms with Gasteiger partial charge in [-0.25, -0.2) is 0 Å². The summed E-state index contributed by atoms with van der Waals surface area (Å²) < 4.78 is 0. The van der Waals surface area contributed by atoms with Gasteiger partial charge < -0.3 is 10.2 Å². The number of nitrogens with zero attached hydrogens (tertiary/aromatic N) is 1. The van der Waals surface area contributed by atoms with Crippen molar-refractivity contribution in [1.29, 1.82) is 0 Å². The number of benzene rings is 2. The number of fused-ring (bicyclic) bond motifs is 1. The molecule has 2 amide bonds. The number of carbonyl (C=O) groups excluding carboxylic acids is 2. The highest BCUT2D eigenvalue weighted by Crippen LogP contribution is 2.33. The van der Waals surface area contributed by atoms with Gasteiger partial charge in [-0.15, -0.1) is 11.3 Å². The number of carbonyl (C=O) groups is 2. The van der Waals surface area contributed by atoms with Crippen molar-refractivity contribution < 1.29 is 9.59 Å². The number of halogens is 3. The van der Waals surface area contributed by atoms with Crippen LogP contribution in [0.25, 0.3) is 0 Å². The Hall–Kier alpha value is -2.05. The monoisotopic (exact) mass is 478 g/mol. The van der Waals surface area contributed by atoms with E-state index in [9.17, 15) is 9.59 Å². The Morgan fingerprint density at radius 1 is 0.967 bits per heavy atom. The molecule has 0 saturated heterocycles. The highest BCUT2D eigenvalue weighted by molar-refractivity contribution is 7.10. The Morgan fingerprint density at radius 3 is 2.47 bits per heavy atom. The van der Waals surface area contributed by atoms with Crippen LogP contribution in [-0.4, -0.2) is 18.4 Å². The summed E-state index contributed by atoms with van der Waals surface area (Å²) in [5.74, 6) is -0.508. The lowest BCUT2D eigenvalue weighted by atomic mass is 10.1. The first-order chi connectivity index (χ1) is 14.4. The average molecular weight is 480 g/mol. The summed E-state index contributed by atoms with van der Waals surface area (Å²) in [5, 5.41) is 5.79. The van der Waals surface area contributed by atoms with Crippen molar-refractivity contribution in [3.8, 4) is 0 Å². The minimum Gasteiger partial charge on any atom is -0.322 e. The second kappa shape index (κ2) is 8.98. The lowest BCUT2D eigenvalue weighted by molar-refractivity contribution is 0.0986. The van der Waals surface area contributed by atoms with E-state index < -0.39 is 0 Å². The first-order valence-corrected chi connectivity index (χ1v) is 11.4. The fourth-order valence-electron chi connectivity index (χ4n) is 3.45. The van der Waals surface area contributed by atoms with Crippen LogP contribution < -0.4 is 10.2 Å². The molecule has 4 rings (SSSR count). The molecule has 0 radical (unpaired) electrons. The Bertz CT molecular complexity index is 1110. The number of anilines is 2. The Labute approximate surface area is 193 Å². The van der Waals surface area contributed by atoms with E-state index in [1.54, 1.807) is 40.5 Å². The zero-order chi connectivity index (χ0) is 21.3. The number of amides is 2. The molecule has 0 atom stereocenters. The van der Waals surface area contributed by atoms with E-state index in [2.05, 4.69) is 5.32 Å². The van der Waals surface area contributed by atoms with E-state index in [4.69, 9.17) is 34.8 Å². The summed E-state index contributed by atoms with van der Waals surface area (Å²) in [7, 11) is 0. The smallest absolute Gasteiger partial charge is 0.259 e. The minimum absolute atomic E-state index is 0.138. The van der Waals surface area contributed by atoms with Crippen LogP contribution in [0.5, 0.6) is 0 Å². The summed E-state index contributed by atoms with van der Waals surface area (Å²) >= 11 is 20.0. The van der Waals surface area contributed by atoms with Crippen molar-refractivity contribution >= 4 is 69.3 Å². The fourth-order valence-corrected chi connectivity index (χ4v) is 5.16. The first kappa shape index (κ1) is 21.2. The minimum atomic E-state index is -0.370. The van der Waals surface area contributed by atoms with E-state index >= 15 is 0 Å². The van der Waals surface area contributed by atoms with Crippen molar-refractivity contribution in [3.63, 3.8) is 0 Å². The molecule has 2 aromatic carbocycles. The third-order valence-corrected chi connectivity index (χ3v) is 6.59. The van der Waals surface area contributed by atoms with Gasteiger partial charge >= 0.3 is 0 Å². The van der Waals surface area contributed by atoms with E-state index in [-0.39, 0.29) is 16.8 Å². The predicted molar refractivity (Wildman–Crippen MR) is 125 cm³/mol. The number of nitrogens with one attached hydrogen (secondary N) is 1. The normalized spacial score (nSPS) is 13.5. The summed E-state index contributed by atoms with van der Waals surface area (Å²) in [4.78, 5) is 28.7. The maximum absolute atomic E-state index is 13.2. The van der Waals surface area contributed by atoms with Crippen LogP contribution in [0.1, 0.15) is 38.4 Å². The molecule has 8 heteroatoms. The van der Waals surface area contributed by atoms with Crippen LogP contribution >= 0.6 is 46.1 Å². The topological polar surface area (TPSA) is 49.4 Å². The van der Waals surface area contributed by atoms with Gasteiger partial charge in [0, 0.05) is 32.7 Å². The maximum Gasteiger partial charge on any atom is 0.259 e. The number of hydrogen-bond acceptors (Lipinski definition) is 3. The molecule has 1 aliphatic rings. The Morgan fingerprint density at radius 2 is 1.73 bits per heavy atom. The van der Waals surface area contributed by atoms with Crippen LogP contribution in [0.4, 0.5) is 11.4 Å². The molecule has 0 aliphatic carbocycles. The molecule has 0 fully saturated rings. The fraction of sp³-hybridized carbons (Fsp3) is 0.182. The molecular formula is C22H17Cl3N2O2S. The lowest BCUT2D eigenvalue weighted by Gasteiger charge is -2.22. The number of hydrogen-bond donors (Lipinski definition) is 1. The summed E-state index contributed by atoms with van der Waals surface area (Å²) in [6.07, 6.45) is 2.99. The third kappa shape index (κ3) is 4.49. The van der Waals surface area contributed by atoms with E-state index in [1.165, 1.54) is 17.0 Å². The number of thiophene rings is 1. The molecular weight excluding hydrogens is 463 g/mol. The van der Waals surface area contributed by atoms with Crippen molar-refractivity contribution in [3.05, 3.63) is 78.9 Å². The summed E-state index contributed by atoms with van der Waals surface area (Å²) in [6.45, 7) is 0.660.